The molecule has 8 heteroatoms. The number of nitrogens with zero attached hydrogens (tertiary/aromatic N) is 4. The van der Waals surface area contributed by atoms with Crippen LogP contribution in [0.1, 0.15) is 63.9 Å². The maximum atomic E-state index is 13.9. The predicted octanol–water partition coefficient (Wildman–Crippen LogP) is 5.94. The number of benzene rings is 2. The molecule has 1 heterocycles. The first-order valence-electron chi connectivity index (χ1n) is 14.2. The molecule has 218 valence electrons. The molecule has 40 heavy (non-hydrogen) atoms. The van der Waals surface area contributed by atoms with E-state index in [-0.39, 0.29) is 11.9 Å². The quantitative estimate of drug-likeness (QED) is 0.266. The standard InChI is InChI=1S/C32H47N5O3/c1-22(2)20-36(21-23(3)4)30(39)32(5,6)25-13-16-27-28(19-25)37(18-10-17-35(7)8)31(34-27)33-26-14-11-24(12-15-26)29(38)40-9/h11-16,19,22-23H,10,17-18,20-21H2,1-9H3,(H,33,34). The molecule has 0 aliphatic rings. The molecule has 1 aromatic heterocycles. The minimum atomic E-state index is -0.686. The summed E-state index contributed by atoms with van der Waals surface area (Å²) in [6, 6.07) is 13.4. The number of carbonyl (C=O) groups excluding carboxylic acids is 2. The Kier molecular flexibility index (Phi) is 10.4. The maximum Gasteiger partial charge on any atom is 0.337 e. The average molecular weight is 550 g/mol. The Labute approximate surface area is 239 Å². The van der Waals surface area contributed by atoms with Crippen molar-refractivity contribution >= 4 is 34.5 Å². The van der Waals surface area contributed by atoms with Crippen molar-refractivity contribution in [3.8, 4) is 0 Å². The van der Waals surface area contributed by atoms with Gasteiger partial charge in [-0.3, -0.25) is 4.79 Å². The number of carbonyl (C=O) groups is 2. The molecule has 0 aliphatic carbocycles. The van der Waals surface area contributed by atoms with Gasteiger partial charge in [-0.15, -0.1) is 0 Å². The predicted molar refractivity (Wildman–Crippen MR) is 163 cm³/mol. The summed E-state index contributed by atoms with van der Waals surface area (Å²) in [6.07, 6.45) is 0.942. The van der Waals surface area contributed by atoms with E-state index in [1.165, 1.54) is 7.11 Å². The molecule has 0 fully saturated rings. The average Bonchev–Trinajstić information content (AvgIpc) is 3.23. The molecule has 8 nitrogen and oxygen atoms in total. The third-order valence-corrected chi connectivity index (χ3v) is 7.01. The number of anilines is 2. The van der Waals surface area contributed by atoms with Gasteiger partial charge in [-0.05, 0) is 94.7 Å². The van der Waals surface area contributed by atoms with Crippen molar-refractivity contribution in [3.05, 3.63) is 53.6 Å². The van der Waals surface area contributed by atoms with Crippen LogP contribution in [0.25, 0.3) is 11.0 Å². The number of hydrogen-bond donors (Lipinski definition) is 1. The Bertz CT molecular complexity index is 1280. The molecule has 0 radical (unpaired) electrons. The number of imidazole rings is 1. The van der Waals surface area contributed by atoms with Crippen molar-refractivity contribution in [2.45, 2.75) is 59.9 Å². The minimum absolute atomic E-state index is 0.150. The van der Waals surface area contributed by atoms with Gasteiger partial charge in [-0.25, -0.2) is 9.78 Å². The van der Waals surface area contributed by atoms with Gasteiger partial charge in [0.05, 0.1) is 29.1 Å². The highest BCUT2D eigenvalue weighted by molar-refractivity contribution is 5.90. The Hall–Kier alpha value is -3.39. The summed E-state index contributed by atoms with van der Waals surface area (Å²) >= 11 is 0. The van der Waals surface area contributed by atoms with Gasteiger partial charge in [0.2, 0.25) is 11.9 Å². The number of aryl methyl sites for hydroxylation is 1. The summed E-state index contributed by atoms with van der Waals surface area (Å²) in [7, 11) is 5.51. The molecule has 2 aromatic carbocycles. The number of methoxy groups -OCH3 is 1. The van der Waals surface area contributed by atoms with Crippen LogP contribution >= 0.6 is 0 Å². The van der Waals surface area contributed by atoms with Gasteiger partial charge in [0.1, 0.15) is 0 Å². The summed E-state index contributed by atoms with van der Waals surface area (Å²) < 4.78 is 7.01. The summed E-state index contributed by atoms with van der Waals surface area (Å²) in [5.41, 5.74) is 3.47. The lowest BCUT2D eigenvalue weighted by Gasteiger charge is -2.34. The number of amides is 1. The minimum Gasteiger partial charge on any atom is -0.465 e. The topological polar surface area (TPSA) is 79.7 Å². The number of fused-ring (bicyclic) bond motifs is 1. The highest BCUT2D eigenvalue weighted by Crippen LogP contribution is 2.32. The molecular weight excluding hydrogens is 502 g/mol. The Balaban J connectivity index is 2.00. The van der Waals surface area contributed by atoms with Crippen LogP contribution in [0.2, 0.25) is 0 Å². The van der Waals surface area contributed by atoms with E-state index in [1.54, 1.807) is 12.1 Å². The van der Waals surface area contributed by atoms with Crippen molar-refractivity contribution in [2.75, 3.05) is 46.2 Å². The van der Waals surface area contributed by atoms with E-state index in [2.05, 4.69) is 62.6 Å². The SMILES string of the molecule is COC(=O)c1ccc(Nc2nc3ccc(C(C)(C)C(=O)N(CC(C)C)CC(C)C)cc3n2CCCN(C)C)cc1. The number of ether oxygens (including phenoxy) is 1. The van der Waals surface area contributed by atoms with E-state index >= 15 is 0 Å². The third-order valence-electron chi connectivity index (χ3n) is 7.01. The first-order valence-corrected chi connectivity index (χ1v) is 14.2. The normalized spacial score (nSPS) is 12.0. The second-order valence-electron chi connectivity index (χ2n) is 12.3. The van der Waals surface area contributed by atoms with Crippen LogP contribution in [0.4, 0.5) is 11.6 Å². The molecule has 0 unspecified atom stereocenters. The van der Waals surface area contributed by atoms with E-state index in [0.29, 0.717) is 17.4 Å². The number of hydrogen-bond acceptors (Lipinski definition) is 6. The van der Waals surface area contributed by atoms with Gasteiger partial charge < -0.3 is 24.4 Å². The molecule has 0 spiro atoms. The zero-order chi connectivity index (χ0) is 29.6. The molecule has 0 bridgehead atoms. The summed E-state index contributed by atoms with van der Waals surface area (Å²) in [6.45, 7) is 15.9. The number of rotatable bonds is 13. The lowest BCUT2D eigenvalue weighted by atomic mass is 9.82. The van der Waals surface area contributed by atoms with Crippen LogP contribution in [0.15, 0.2) is 42.5 Å². The summed E-state index contributed by atoms with van der Waals surface area (Å²) in [5, 5.41) is 3.44. The molecule has 0 saturated carbocycles. The second kappa shape index (κ2) is 13.3. The lowest BCUT2D eigenvalue weighted by Crippen LogP contribution is -2.46. The highest BCUT2D eigenvalue weighted by atomic mass is 16.5. The van der Waals surface area contributed by atoms with E-state index in [0.717, 1.165) is 60.8 Å². The Morgan fingerprint density at radius 3 is 2.17 bits per heavy atom. The zero-order valence-electron chi connectivity index (χ0n) is 25.7. The molecule has 0 aliphatic heterocycles. The lowest BCUT2D eigenvalue weighted by molar-refractivity contribution is -0.137. The van der Waals surface area contributed by atoms with Crippen LogP contribution < -0.4 is 5.32 Å². The second-order valence-corrected chi connectivity index (χ2v) is 12.3. The van der Waals surface area contributed by atoms with Crippen LogP contribution in [-0.4, -0.2) is 72.1 Å². The van der Waals surface area contributed by atoms with Crippen molar-refractivity contribution in [1.82, 2.24) is 19.4 Å². The van der Waals surface area contributed by atoms with Crippen molar-refractivity contribution in [2.24, 2.45) is 11.8 Å². The van der Waals surface area contributed by atoms with Crippen LogP contribution in [0.5, 0.6) is 0 Å². The summed E-state index contributed by atoms with van der Waals surface area (Å²) in [5.74, 6) is 1.30. The smallest absolute Gasteiger partial charge is 0.337 e. The van der Waals surface area contributed by atoms with Gasteiger partial charge in [-0.1, -0.05) is 33.8 Å². The molecule has 1 N–H and O–H groups in total. The summed E-state index contributed by atoms with van der Waals surface area (Å²) in [4.78, 5) is 34.9. The molecule has 0 atom stereocenters. The van der Waals surface area contributed by atoms with E-state index in [1.807, 2.05) is 43.0 Å². The molecular formula is C32H47N5O3. The fourth-order valence-electron chi connectivity index (χ4n) is 4.96. The first kappa shape index (κ1) is 31.1. The van der Waals surface area contributed by atoms with Crippen LogP contribution in [0.3, 0.4) is 0 Å². The van der Waals surface area contributed by atoms with Crippen LogP contribution in [0, 0.1) is 11.8 Å². The monoisotopic (exact) mass is 549 g/mol. The number of esters is 1. The van der Waals surface area contributed by atoms with E-state index in [4.69, 9.17) is 9.72 Å². The number of nitrogens with one attached hydrogen (secondary N) is 1. The van der Waals surface area contributed by atoms with Gasteiger partial charge in [0.25, 0.3) is 0 Å². The largest absolute Gasteiger partial charge is 0.465 e. The molecule has 3 aromatic rings. The van der Waals surface area contributed by atoms with Gasteiger partial charge >= 0.3 is 5.97 Å². The molecule has 0 saturated heterocycles. The van der Waals surface area contributed by atoms with Gasteiger partial charge in [0, 0.05) is 25.3 Å². The zero-order valence-corrected chi connectivity index (χ0v) is 25.7. The van der Waals surface area contributed by atoms with Crippen molar-refractivity contribution in [3.63, 3.8) is 0 Å². The Morgan fingerprint density at radius 2 is 1.62 bits per heavy atom. The fraction of sp³-hybridized carbons (Fsp3) is 0.531. The highest BCUT2D eigenvalue weighted by Gasteiger charge is 2.35. The van der Waals surface area contributed by atoms with E-state index < -0.39 is 5.41 Å². The first-order chi connectivity index (χ1) is 18.8. The third kappa shape index (κ3) is 7.62. The number of aromatic nitrogens is 2. The van der Waals surface area contributed by atoms with Crippen molar-refractivity contribution in [1.29, 1.82) is 0 Å². The van der Waals surface area contributed by atoms with E-state index in [9.17, 15) is 9.59 Å². The fourth-order valence-corrected chi connectivity index (χ4v) is 4.96. The molecule has 1 amide bonds. The van der Waals surface area contributed by atoms with Crippen LogP contribution in [-0.2, 0) is 21.5 Å². The maximum absolute atomic E-state index is 13.9. The van der Waals surface area contributed by atoms with Crippen molar-refractivity contribution < 1.29 is 14.3 Å². The Morgan fingerprint density at radius 1 is 1.00 bits per heavy atom. The van der Waals surface area contributed by atoms with Gasteiger partial charge in [-0.2, -0.15) is 0 Å². The van der Waals surface area contributed by atoms with Gasteiger partial charge in [0.15, 0.2) is 0 Å². The molecule has 3 rings (SSSR count).